The van der Waals surface area contributed by atoms with E-state index in [2.05, 4.69) is 0 Å². The van der Waals surface area contributed by atoms with E-state index in [0.717, 1.165) is 17.0 Å². The second kappa shape index (κ2) is 8.41. The standard InChI is InChI=1S/C24H20F3N3O5S2/c1-13(31)19-12-37(33,34)20-10-16(5-6-18(20)35-19)30-22(36)29(21(32)23(30)7-2-8-23)15-4-3-14(11-28)17(9-15)24(25,26)27/h3-6,9-10,13,19,31H,2,7-8,12H2,1H3/t13-,19-/m0/s1. The highest BCUT2D eigenvalue weighted by Gasteiger charge is 2.60. The number of rotatable bonds is 3. The highest BCUT2D eigenvalue weighted by molar-refractivity contribution is 7.91. The number of hydrogen-bond donors (Lipinski definition) is 1. The number of fused-ring (bicyclic) bond motifs is 1. The number of nitrogens with zero attached hydrogens (tertiary/aromatic N) is 3. The Hall–Kier alpha value is -3.21. The van der Waals surface area contributed by atoms with E-state index in [1.54, 1.807) is 0 Å². The zero-order chi connectivity index (χ0) is 26.9. The first-order valence-electron chi connectivity index (χ1n) is 11.3. The molecule has 0 bridgehead atoms. The number of carbonyl (C=O) groups is 1. The van der Waals surface area contributed by atoms with Crippen LogP contribution in [-0.4, -0.2) is 48.0 Å². The Balaban J connectivity index is 1.59. The van der Waals surface area contributed by atoms with Crippen molar-refractivity contribution >= 4 is 44.4 Å². The number of sulfone groups is 1. The number of carbonyl (C=O) groups excluding carboxylic acids is 1. The van der Waals surface area contributed by atoms with Crippen molar-refractivity contribution in [2.75, 3.05) is 15.6 Å². The van der Waals surface area contributed by atoms with Crippen molar-refractivity contribution in [3.63, 3.8) is 0 Å². The monoisotopic (exact) mass is 551 g/mol. The van der Waals surface area contributed by atoms with Crippen molar-refractivity contribution < 1.29 is 36.2 Å². The first-order chi connectivity index (χ1) is 17.3. The largest absolute Gasteiger partial charge is 0.485 e. The van der Waals surface area contributed by atoms with E-state index in [1.165, 1.54) is 42.2 Å². The Morgan fingerprint density at radius 2 is 1.89 bits per heavy atom. The van der Waals surface area contributed by atoms with E-state index in [9.17, 15) is 31.5 Å². The number of anilines is 2. The molecule has 13 heteroatoms. The average molecular weight is 552 g/mol. The summed E-state index contributed by atoms with van der Waals surface area (Å²) in [5.74, 6) is -0.904. The molecule has 194 valence electrons. The fourth-order valence-electron chi connectivity index (χ4n) is 4.93. The van der Waals surface area contributed by atoms with Crippen LogP contribution < -0.4 is 14.5 Å². The van der Waals surface area contributed by atoms with E-state index in [1.807, 2.05) is 0 Å². The molecule has 0 unspecified atom stereocenters. The van der Waals surface area contributed by atoms with Crippen LogP contribution in [0.4, 0.5) is 24.5 Å². The van der Waals surface area contributed by atoms with E-state index >= 15 is 0 Å². The first kappa shape index (κ1) is 25.4. The van der Waals surface area contributed by atoms with Crippen molar-refractivity contribution in [3.8, 4) is 11.8 Å². The number of ether oxygens (including phenoxy) is 1. The fourth-order valence-corrected chi connectivity index (χ4v) is 7.08. The number of nitriles is 1. The molecule has 2 aliphatic heterocycles. The molecule has 5 rings (SSSR count). The maximum atomic E-state index is 13.6. The van der Waals surface area contributed by atoms with Crippen LogP contribution in [0.2, 0.25) is 0 Å². The van der Waals surface area contributed by atoms with Crippen LogP contribution in [0.3, 0.4) is 0 Å². The number of hydrogen-bond acceptors (Lipinski definition) is 7. The van der Waals surface area contributed by atoms with Gasteiger partial charge < -0.3 is 14.7 Å². The summed E-state index contributed by atoms with van der Waals surface area (Å²) < 4.78 is 72.4. The molecule has 2 aromatic carbocycles. The summed E-state index contributed by atoms with van der Waals surface area (Å²) in [5, 5.41) is 18.8. The second-order valence-corrected chi connectivity index (χ2v) is 11.7. The number of thiocarbonyl (C=S) groups is 1. The lowest BCUT2D eigenvalue weighted by molar-refractivity contribution is -0.137. The first-order valence-corrected chi connectivity index (χ1v) is 13.4. The predicted molar refractivity (Wildman–Crippen MR) is 130 cm³/mol. The number of aliphatic hydroxyl groups is 1. The molecule has 1 amide bonds. The van der Waals surface area contributed by atoms with Gasteiger partial charge >= 0.3 is 6.18 Å². The predicted octanol–water partition coefficient (Wildman–Crippen LogP) is 3.55. The molecule has 1 spiro atoms. The van der Waals surface area contributed by atoms with Crippen molar-refractivity contribution in [3.05, 3.63) is 47.5 Å². The minimum absolute atomic E-state index is 0.0544. The van der Waals surface area contributed by atoms with Crippen LogP contribution in [0.1, 0.15) is 37.3 Å². The van der Waals surface area contributed by atoms with Gasteiger partial charge in [0, 0.05) is 5.69 Å². The summed E-state index contributed by atoms with van der Waals surface area (Å²) in [5.41, 5.74) is -2.79. The number of alkyl halides is 3. The molecule has 1 N–H and O–H groups in total. The number of aliphatic hydroxyl groups excluding tert-OH is 1. The van der Waals surface area contributed by atoms with Gasteiger partial charge in [-0.2, -0.15) is 18.4 Å². The van der Waals surface area contributed by atoms with Crippen molar-refractivity contribution in [2.45, 2.75) is 55.0 Å². The molecule has 1 saturated heterocycles. The highest BCUT2D eigenvalue weighted by Crippen LogP contribution is 2.49. The van der Waals surface area contributed by atoms with Crippen LogP contribution in [0.25, 0.3) is 0 Å². The molecule has 37 heavy (non-hydrogen) atoms. The second-order valence-electron chi connectivity index (χ2n) is 9.29. The summed E-state index contributed by atoms with van der Waals surface area (Å²) in [6.45, 7) is 1.43. The maximum Gasteiger partial charge on any atom is 0.417 e. The van der Waals surface area contributed by atoms with Crippen LogP contribution in [0, 0.1) is 11.3 Å². The summed E-state index contributed by atoms with van der Waals surface area (Å²) in [7, 11) is -3.85. The Bertz CT molecular complexity index is 1480. The maximum absolute atomic E-state index is 13.6. The molecule has 2 atom stereocenters. The average Bonchev–Trinajstić information content (AvgIpc) is 3.04. The van der Waals surface area contributed by atoms with Gasteiger partial charge in [-0.3, -0.25) is 9.69 Å². The summed E-state index contributed by atoms with van der Waals surface area (Å²) in [4.78, 5) is 16.0. The third kappa shape index (κ3) is 3.86. The molecular formula is C24H20F3N3O5S2. The van der Waals surface area contributed by atoms with Crippen LogP contribution in [0.15, 0.2) is 41.3 Å². The molecule has 1 aliphatic carbocycles. The SMILES string of the molecule is C[C@H](O)[C@@H]1CS(=O)(=O)c2cc(N3C(=S)N(c4ccc(C#N)c(C(F)(F)F)c4)C(=O)C34CCC4)ccc2O1. The molecule has 2 aromatic rings. The molecule has 0 radical (unpaired) electrons. The van der Waals surface area contributed by atoms with Gasteiger partial charge in [-0.1, -0.05) is 0 Å². The third-order valence-electron chi connectivity index (χ3n) is 7.00. The molecule has 1 saturated carbocycles. The van der Waals surface area contributed by atoms with Gasteiger partial charge in [-0.25, -0.2) is 8.42 Å². The number of halogens is 3. The Morgan fingerprint density at radius 3 is 2.46 bits per heavy atom. The van der Waals surface area contributed by atoms with Crippen molar-refractivity contribution in [1.29, 1.82) is 5.26 Å². The lowest BCUT2D eigenvalue weighted by Gasteiger charge is -2.43. The Kier molecular flexibility index (Phi) is 5.78. The van der Waals surface area contributed by atoms with Gasteiger partial charge in [0.15, 0.2) is 14.9 Å². The topological polar surface area (TPSA) is 111 Å². The van der Waals surface area contributed by atoms with E-state index in [-0.39, 0.29) is 27.1 Å². The molecule has 3 aliphatic rings. The number of amides is 1. The molecular weight excluding hydrogens is 531 g/mol. The van der Waals surface area contributed by atoms with Crippen LogP contribution in [0.5, 0.6) is 5.75 Å². The summed E-state index contributed by atoms with van der Waals surface area (Å²) >= 11 is 5.59. The highest BCUT2D eigenvalue weighted by atomic mass is 32.2. The molecule has 0 aromatic heterocycles. The lowest BCUT2D eigenvalue weighted by atomic mass is 9.75. The van der Waals surface area contributed by atoms with Gasteiger partial charge in [-0.15, -0.1) is 0 Å². The normalized spacial score (nSPS) is 22.8. The number of benzene rings is 2. The molecule has 2 heterocycles. The van der Waals surface area contributed by atoms with E-state index < -0.39 is 56.5 Å². The van der Waals surface area contributed by atoms with E-state index in [4.69, 9.17) is 22.2 Å². The van der Waals surface area contributed by atoms with Gasteiger partial charge in [0.25, 0.3) is 5.91 Å². The van der Waals surface area contributed by atoms with Gasteiger partial charge in [0.2, 0.25) is 0 Å². The minimum Gasteiger partial charge on any atom is -0.485 e. The Labute approximate surface area is 215 Å². The van der Waals surface area contributed by atoms with Gasteiger partial charge in [0.05, 0.1) is 34.7 Å². The lowest BCUT2D eigenvalue weighted by Crippen LogP contribution is -2.55. The molecule has 2 fully saturated rings. The van der Waals surface area contributed by atoms with Gasteiger partial charge in [-0.05, 0) is 74.8 Å². The fraction of sp³-hybridized carbons (Fsp3) is 0.375. The van der Waals surface area contributed by atoms with E-state index in [0.29, 0.717) is 19.3 Å². The third-order valence-corrected chi connectivity index (χ3v) is 9.12. The minimum atomic E-state index is -4.82. The summed E-state index contributed by atoms with van der Waals surface area (Å²) in [6.07, 6.45) is -5.37. The Morgan fingerprint density at radius 1 is 1.22 bits per heavy atom. The van der Waals surface area contributed by atoms with Crippen LogP contribution >= 0.6 is 12.2 Å². The zero-order valence-electron chi connectivity index (χ0n) is 19.3. The summed E-state index contributed by atoms with van der Waals surface area (Å²) in [6, 6.07) is 8.74. The van der Waals surface area contributed by atoms with Crippen molar-refractivity contribution in [1.82, 2.24) is 0 Å². The zero-order valence-corrected chi connectivity index (χ0v) is 21.0. The molecule has 8 nitrogen and oxygen atoms in total. The smallest absolute Gasteiger partial charge is 0.417 e. The van der Waals surface area contributed by atoms with Gasteiger partial charge in [0.1, 0.15) is 22.3 Å². The quantitative estimate of drug-likeness (QED) is 0.577. The van der Waals surface area contributed by atoms with Crippen molar-refractivity contribution in [2.24, 2.45) is 0 Å². The van der Waals surface area contributed by atoms with Crippen LogP contribution in [-0.2, 0) is 20.8 Å².